The summed E-state index contributed by atoms with van der Waals surface area (Å²) < 4.78 is 13.4. The molecule has 1 aliphatic carbocycles. The predicted octanol–water partition coefficient (Wildman–Crippen LogP) is 4.24. The number of nitrogens with zero attached hydrogens (tertiary/aromatic N) is 5. The van der Waals surface area contributed by atoms with Crippen LogP contribution in [-0.2, 0) is 16.1 Å². The Hall–Kier alpha value is -2.98. The monoisotopic (exact) mass is 629 g/mol. The summed E-state index contributed by atoms with van der Waals surface area (Å²) in [5, 5.41) is 9.55. The molecule has 8 nitrogen and oxygen atoms in total. The number of carbonyl (C=O) groups is 3. The summed E-state index contributed by atoms with van der Waals surface area (Å²) in [5.41, 5.74) is 2.39. The highest BCUT2D eigenvalue weighted by Crippen LogP contribution is 2.63. The number of pyridine rings is 2. The first kappa shape index (κ1) is 24.4. The van der Waals surface area contributed by atoms with Gasteiger partial charge in [0.15, 0.2) is 3.68 Å². The maximum Gasteiger partial charge on any atom is 0.256 e. The van der Waals surface area contributed by atoms with Crippen molar-refractivity contribution in [2.75, 3.05) is 13.1 Å². The summed E-state index contributed by atoms with van der Waals surface area (Å²) >= 11 is 3.08. The predicted molar refractivity (Wildman–Crippen MR) is 142 cm³/mol. The zero-order valence-electron chi connectivity index (χ0n) is 20.2. The minimum atomic E-state index is -1.45. The molecule has 3 aromatic rings. The molecule has 188 valence electrons. The maximum atomic E-state index is 14.2. The van der Waals surface area contributed by atoms with Gasteiger partial charge in [-0.2, -0.15) is 5.26 Å². The fourth-order valence-corrected chi connectivity index (χ4v) is 7.52. The third kappa shape index (κ3) is 3.67. The minimum absolute atomic E-state index is 0.0170. The van der Waals surface area contributed by atoms with Gasteiger partial charge in [0.2, 0.25) is 11.8 Å². The number of aromatic nitrogens is 2. The number of alkyl halides is 2. The van der Waals surface area contributed by atoms with Crippen LogP contribution in [0.5, 0.6) is 0 Å². The van der Waals surface area contributed by atoms with Crippen LogP contribution in [0.3, 0.4) is 0 Å². The Morgan fingerprint density at radius 3 is 2.57 bits per heavy atom. The van der Waals surface area contributed by atoms with Gasteiger partial charge in [-0.15, -0.1) is 11.3 Å². The van der Waals surface area contributed by atoms with E-state index in [2.05, 4.69) is 9.97 Å². The highest BCUT2D eigenvalue weighted by molar-refractivity contribution is 14.1. The minimum Gasteiger partial charge on any atom is -0.330 e. The lowest BCUT2D eigenvalue weighted by atomic mass is 9.98. The molecule has 3 aliphatic rings. The molecule has 3 amide bonds. The fourth-order valence-electron chi connectivity index (χ4n) is 5.58. The van der Waals surface area contributed by atoms with Crippen molar-refractivity contribution < 1.29 is 18.8 Å². The van der Waals surface area contributed by atoms with Gasteiger partial charge < -0.3 is 4.90 Å². The molecule has 2 aliphatic heterocycles. The van der Waals surface area contributed by atoms with E-state index in [1.807, 2.05) is 26.0 Å². The third-order valence-electron chi connectivity index (χ3n) is 7.60. The van der Waals surface area contributed by atoms with E-state index >= 15 is 0 Å². The summed E-state index contributed by atoms with van der Waals surface area (Å²) in [6, 6.07) is 7.18. The van der Waals surface area contributed by atoms with Gasteiger partial charge in [-0.3, -0.25) is 24.3 Å². The SMILES string of the molecule is Cc1cc(C#N)nc(-c2ccnc3cc(CN4C(=O)C5C(C4=O)C5(C)C)sc23)c1C(=O)N1CC(F)(I)C1. The normalized spacial score (nSPS) is 23.1. The molecule has 0 radical (unpaired) electrons. The number of carbonyl (C=O) groups excluding carboxylic acids is 3. The van der Waals surface area contributed by atoms with Gasteiger partial charge in [0.1, 0.15) is 11.8 Å². The second-order valence-electron chi connectivity index (χ2n) is 10.5. The summed E-state index contributed by atoms with van der Waals surface area (Å²) in [7, 11) is 0. The van der Waals surface area contributed by atoms with Gasteiger partial charge >= 0.3 is 0 Å². The molecule has 3 fully saturated rings. The first-order valence-electron chi connectivity index (χ1n) is 11.7. The van der Waals surface area contributed by atoms with E-state index in [4.69, 9.17) is 0 Å². The number of aryl methyl sites for hydroxylation is 1. The van der Waals surface area contributed by atoms with Crippen molar-refractivity contribution >= 4 is 61.9 Å². The largest absolute Gasteiger partial charge is 0.330 e. The Morgan fingerprint density at radius 1 is 1.27 bits per heavy atom. The Kier molecular flexibility index (Phi) is 5.27. The smallest absolute Gasteiger partial charge is 0.256 e. The van der Waals surface area contributed by atoms with Crippen molar-refractivity contribution in [1.29, 1.82) is 5.26 Å². The molecule has 0 N–H and O–H groups in total. The average Bonchev–Trinajstić information content (AvgIpc) is 3.07. The molecule has 3 aromatic heterocycles. The van der Waals surface area contributed by atoms with Crippen molar-refractivity contribution in [2.45, 2.75) is 31.0 Å². The number of piperidine rings is 1. The number of nitriles is 1. The summed E-state index contributed by atoms with van der Waals surface area (Å²) in [5.74, 6) is -1.10. The van der Waals surface area contributed by atoms with Crippen molar-refractivity contribution in [3.8, 4) is 17.3 Å². The Balaban J connectivity index is 1.40. The Labute approximate surface area is 229 Å². The lowest BCUT2D eigenvalue weighted by Crippen LogP contribution is -2.57. The molecule has 2 atom stereocenters. The topological polar surface area (TPSA) is 107 Å². The number of rotatable bonds is 4. The van der Waals surface area contributed by atoms with E-state index in [0.29, 0.717) is 27.9 Å². The lowest BCUT2D eigenvalue weighted by molar-refractivity contribution is -0.143. The Morgan fingerprint density at radius 2 is 1.95 bits per heavy atom. The zero-order valence-corrected chi connectivity index (χ0v) is 23.2. The Bertz CT molecular complexity index is 1560. The molecule has 0 aromatic carbocycles. The lowest BCUT2D eigenvalue weighted by Gasteiger charge is -2.41. The molecule has 11 heteroatoms. The number of hydrogen-bond acceptors (Lipinski definition) is 7. The van der Waals surface area contributed by atoms with Gasteiger partial charge in [0.25, 0.3) is 5.91 Å². The van der Waals surface area contributed by atoms with Crippen LogP contribution in [0.15, 0.2) is 24.4 Å². The second-order valence-corrected chi connectivity index (χ2v) is 13.6. The van der Waals surface area contributed by atoms with Crippen LogP contribution in [0.2, 0.25) is 0 Å². The standard InChI is InChI=1S/C26H21FIN5O3S/c1-12-6-13(8-29)31-20(17(12)22(34)32-10-26(27,28)11-32)15-4-5-30-16-7-14(37-21(15)16)9-33-23(35)18-19(24(33)36)25(18,2)3/h4-7,18-19H,9-11H2,1-3H3. The molecular weight excluding hydrogens is 608 g/mol. The number of halogens is 2. The van der Waals surface area contributed by atoms with E-state index in [9.17, 15) is 24.0 Å². The van der Waals surface area contributed by atoms with Gasteiger partial charge in [-0.25, -0.2) is 9.37 Å². The average molecular weight is 629 g/mol. The van der Waals surface area contributed by atoms with Crippen LogP contribution in [0.4, 0.5) is 4.39 Å². The van der Waals surface area contributed by atoms with Crippen LogP contribution in [0, 0.1) is 35.5 Å². The second kappa shape index (κ2) is 8.01. The highest BCUT2D eigenvalue weighted by atomic mass is 127. The van der Waals surface area contributed by atoms with Gasteiger partial charge in [-0.1, -0.05) is 13.8 Å². The molecule has 2 saturated heterocycles. The van der Waals surface area contributed by atoms with Crippen molar-refractivity contribution in [3.63, 3.8) is 0 Å². The number of fused-ring (bicyclic) bond motifs is 2. The van der Waals surface area contributed by atoms with Gasteiger partial charge in [0.05, 0.1) is 52.9 Å². The van der Waals surface area contributed by atoms with Crippen LogP contribution >= 0.6 is 33.9 Å². The summed E-state index contributed by atoms with van der Waals surface area (Å²) in [6.07, 6.45) is 1.60. The van der Waals surface area contributed by atoms with E-state index in [1.165, 1.54) is 21.1 Å². The zero-order chi connectivity index (χ0) is 26.4. The molecule has 6 rings (SSSR count). The van der Waals surface area contributed by atoms with E-state index < -0.39 is 3.68 Å². The van der Waals surface area contributed by atoms with Crippen molar-refractivity contribution in [2.24, 2.45) is 17.3 Å². The van der Waals surface area contributed by atoms with Gasteiger partial charge in [0, 0.05) is 16.6 Å². The number of thiophene rings is 1. The van der Waals surface area contributed by atoms with Crippen molar-refractivity contribution in [3.05, 3.63) is 46.1 Å². The van der Waals surface area contributed by atoms with Crippen molar-refractivity contribution in [1.82, 2.24) is 19.8 Å². The fraction of sp³-hybridized carbons (Fsp3) is 0.385. The first-order chi connectivity index (χ1) is 17.4. The molecule has 37 heavy (non-hydrogen) atoms. The molecule has 0 bridgehead atoms. The van der Waals surface area contributed by atoms with E-state index in [1.54, 1.807) is 47.8 Å². The summed E-state index contributed by atoms with van der Waals surface area (Å²) in [6.45, 7) is 5.76. The molecule has 0 spiro atoms. The van der Waals surface area contributed by atoms with E-state index in [-0.39, 0.29) is 60.3 Å². The van der Waals surface area contributed by atoms with E-state index in [0.717, 1.165) is 9.58 Å². The third-order valence-corrected chi connectivity index (χ3v) is 9.42. The molecule has 1 saturated carbocycles. The van der Waals surface area contributed by atoms with Gasteiger partial charge in [-0.05, 0) is 58.7 Å². The number of likely N-dealkylation sites (tertiary alicyclic amines) is 2. The maximum absolute atomic E-state index is 14.2. The quantitative estimate of drug-likeness (QED) is 0.243. The summed E-state index contributed by atoms with van der Waals surface area (Å²) in [4.78, 5) is 51.6. The van der Waals surface area contributed by atoms with Crippen LogP contribution < -0.4 is 0 Å². The molecular formula is C26H21FIN5O3S. The van der Waals surface area contributed by atoms with Crippen LogP contribution in [0.1, 0.15) is 40.3 Å². The number of amides is 3. The van der Waals surface area contributed by atoms with Crippen LogP contribution in [-0.4, -0.2) is 54.3 Å². The molecule has 2 unspecified atom stereocenters. The first-order valence-corrected chi connectivity index (χ1v) is 13.6. The van der Waals surface area contributed by atoms with Crippen LogP contribution in [0.25, 0.3) is 21.5 Å². The highest BCUT2D eigenvalue weighted by Gasteiger charge is 2.72. The number of hydrogen-bond donors (Lipinski definition) is 0. The number of imide groups is 1. The molecule has 5 heterocycles.